The highest BCUT2D eigenvalue weighted by atomic mass is 16.6. The lowest BCUT2D eigenvalue weighted by atomic mass is 9.70. The van der Waals surface area contributed by atoms with Crippen LogP contribution in [-0.4, -0.2) is 94.2 Å². The molecule has 2 N–H and O–H groups in total. The lowest BCUT2D eigenvalue weighted by Crippen LogP contribution is -2.60. The Balaban J connectivity index is 1.89. The Morgan fingerprint density at radius 3 is 2.60 bits per heavy atom. The zero-order chi connectivity index (χ0) is 29.6. The van der Waals surface area contributed by atoms with Crippen LogP contribution < -0.4 is 5.32 Å². The van der Waals surface area contributed by atoms with Crippen molar-refractivity contribution in [1.29, 1.82) is 0 Å². The molecule has 0 saturated carbocycles. The van der Waals surface area contributed by atoms with Crippen LogP contribution in [0.2, 0.25) is 0 Å². The SMILES string of the molecule is C=CCCC(=O)NC[C@@H](C)OC(=O)[C@@H]1[C@H]2C(=O)N([C@@H](CC)CO)[C@H](C(=O)N(CC=C)C(C)CCC)[C@]23CC[C@H]1O3. The van der Waals surface area contributed by atoms with Crippen LogP contribution in [0, 0.1) is 11.8 Å². The first-order valence-corrected chi connectivity index (χ1v) is 14.7. The zero-order valence-electron chi connectivity index (χ0n) is 24.5. The summed E-state index contributed by atoms with van der Waals surface area (Å²) in [5, 5.41) is 13.0. The van der Waals surface area contributed by atoms with Gasteiger partial charge in [0.1, 0.15) is 17.7 Å². The number of ether oxygens (including phenoxy) is 2. The van der Waals surface area contributed by atoms with E-state index in [0.717, 1.165) is 12.8 Å². The third-order valence-corrected chi connectivity index (χ3v) is 8.65. The molecule has 0 aromatic carbocycles. The van der Waals surface area contributed by atoms with E-state index in [1.807, 2.05) is 13.8 Å². The predicted molar refractivity (Wildman–Crippen MR) is 150 cm³/mol. The summed E-state index contributed by atoms with van der Waals surface area (Å²) in [6, 6.07) is -1.62. The van der Waals surface area contributed by atoms with Crippen LogP contribution >= 0.6 is 0 Å². The molecule has 3 fully saturated rings. The van der Waals surface area contributed by atoms with Gasteiger partial charge >= 0.3 is 5.97 Å². The number of hydrogen-bond acceptors (Lipinski definition) is 7. The Labute approximate surface area is 238 Å². The third-order valence-electron chi connectivity index (χ3n) is 8.65. The number of esters is 1. The lowest BCUT2D eigenvalue weighted by molar-refractivity contribution is -0.160. The average molecular weight is 562 g/mol. The van der Waals surface area contributed by atoms with Crippen molar-refractivity contribution in [2.24, 2.45) is 11.8 Å². The van der Waals surface area contributed by atoms with Crippen LogP contribution in [0.25, 0.3) is 0 Å². The second kappa shape index (κ2) is 13.8. The number of carbonyl (C=O) groups is 4. The molecule has 1 spiro atoms. The standard InChI is InChI=1S/C30H47N3O7/c1-7-11-13-23(35)31-17-20(6)39-29(38)24-22-14-15-30(40-22)25(24)27(36)33(21(10-4)18-34)26(30)28(37)32(16-9-3)19(5)12-8-2/h7,9,19-22,24-26,34H,1,3,8,10-18H2,2,4-6H3,(H,31,35)/t19?,20-,21+,22-,24+,25+,26-,30+/m1/s1. The Morgan fingerprint density at radius 2 is 2.00 bits per heavy atom. The highest BCUT2D eigenvalue weighted by Gasteiger charge is 2.75. The summed E-state index contributed by atoms with van der Waals surface area (Å²) >= 11 is 0. The van der Waals surface area contributed by atoms with Gasteiger partial charge in [-0.2, -0.15) is 0 Å². The van der Waals surface area contributed by atoms with E-state index < -0.39 is 47.7 Å². The number of fused-ring (bicyclic) bond motifs is 1. The molecule has 3 rings (SSSR count). The summed E-state index contributed by atoms with van der Waals surface area (Å²) in [7, 11) is 0. The van der Waals surface area contributed by atoms with E-state index in [4.69, 9.17) is 9.47 Å². The Hall–Kier alpha value is -2.72. The maximum atomic E-state index is 14.3. The molecule has 0 radical (unpaired) electrons. The van der Waals surface area contributed by atoms with Gasteiger partial charge < -0.3 is 29.7 Å². The molecule has 3 aliphatic heterocycles. The van der Waals surface area contributed by atoms with E-state index in [9.17, 15) is 24.3 Å². The molecule has 3 amide bonds. The number of carbonyl (C=O) groups excluding carboxylic acids is 4. The van der Waals surface area contributed by atoms with Gasteiger partial charge in [0.05, 0.1) is 37.1 Å². The third kappa shape index (κ3) is 5.98. The van der Waals surface area contributed by atoms with E-state index >= 15 is 0 Å². The number of allylic oxidation sites excluding steroid dienone is 1. The monoisotopic (exact) mass is 561 g/mol. The molecule has 0 aliphatic carbocycles. The van der Waals surface area contributed by atoms with Crippen LogP contribution in [0.4, 0.5) is 0 Å². The number of rotatable bonds is 16. The summed E-state index contributed by atoms with van der Waals surface area (Å²) in [4.78, 5) is 57.1. The maximum absolute atomic E-state index is 14.3. The Kier molecular flexibility index (Phi) is 10.9. The molecule has 1 unspecified atom stereocenters. The first kappa shape index (κ1) is 31.8. The van der Waals surface area contributed by atoms with Crippen molar-refractivity contribution in [1.82, 2.24) is 15.1 Å². The minimum absolute atomic E-state index is 0.0842. The summed E-state index contributed by atoms with van der Waals surface area (Å²) < 4.78 is 12.2. The van der Waals surface area contributed by atoms with Crippen LogP contribution in [0.15, 0.2) is 25.3 Å². The van der Waals surface area contributed by atoms with Crippen molar-refractivity contribution in [3.05, 3.63) is 25.3 Å². The fourth-order valence-electron chi connectivity index (χ4n) is 6.70. The van der Waals surface area contributed by atoms with Gasteiger partial charge in [-0.1, -0.05) is 32.4 Å². The fraction of sp³-hybridized carbons (Fsp3) is 0.733. The second-order valence-electron chi connectivity index (χ2n) is 11.3. The first-order chi connectivity index (χ1) is 19.1. The van der Waals surface area contributed by atoms with Gasteiger partial charge in [-0.3, -0.25) is 19.2 Å². The molecule has 10 nitrogen and oxygen atoms in total. The number of nitrogens with one attached hydrogen (secondary N) is 1. The van der Waals surface area contributed by atoms with E-state index in [1.165, 1.54) is 4.90 Å². The van der Waals surface area contributed by atoms with E-state index in [2.05, 4.69) is 25.4 Å². The van der Waals surface area contributed by atoms with Gasteiger partial charge in [0.15, 0.2) is 0 Å². The minimum atomic E-state index is -1.17. The summed E-state index contributed by atoms with van der Waals surface area (Å²) in [6.45, 7) is 15.2. The van der Waals surface area contributed by atoms with E-state index in [-0.39, 0.29) is 36.9 Å². The molecule has 3 aliphatic rings. The van der Waals surface area contributed by atoms with Crippen molar-refractivity contribution in [2.75, 3.05) is 19.7 Å². The first-order valence-electron chi connectivity index (χ1n) is 14.7. The van der Waals surface area contributed by atoms with Crippen molar-refractivity contribution in [3.63, 3.8) is 0 Å². The van der Waals surface area contributed by atoms with Gasteiger partial charge in [0, 0.05) is 19.0 Å². The van der Waals surface area contributed by atoms with E-state index in [1.54, 1.807) is 24.0 Å². The molecule has 8 atom stereocenters. The molecular formula is C30H47N3O7. The number of aliphatic hydroxyl groups excluding tert-OH is 1. The molecular weight excluding hydrogens is 514 g/mol. The molecule has 0 aromatic heterocycles. The average Bonchev–Trinajstić information content (AvgIpc) is 3.57. The van der Waals surface area contributed by atoms with Gasteiger partial charge in [0.2, 0.25) is 17.7 Å². The summed E-state index contributed by atoms with van der Waals surface area (Å²) in [5.41, 5.74) is -1.17. The van der Waals surface area contributed by atoms with Gasteiger partial charge in [-0.15, -0.1) is 13.2 Å². The highest BCUT2D eigenvalue weighted by Crippen LogP contribution is 2.59. The van der Waals surface area contributed by atoms with Crippen LogP contribution in [0.1, 0.15) is 72.6 Å². The predicted octanol–water partition coefficient (Wildman–Crippen LogP) is 2.35. The quantitative estimate of drug-likeness (QED) is 0.219. The molecule has 0 aromatic rings. The van der Waals surface area contributed by atoms with Crippen LogP contribution in [0.3, 0.4) is 0 Å². The summed E-state index contributed by atoms with van der Waals surface area (Å²) in [6.07, 6.45) is 6.15. The van der Waals surface area contributed by atoms with E-state index in [0.29, 0.717) is 38.6 Å². The van der Waals surface area contributed by atoms with Gasteiger partial charge in [-0.05, 0) is 46.0 Å². The zero-order valence-corrected chi connectivity index (χ0v) is 24.5. The number of likely N-dealkylation sites (tertiary alicyclic amines) is 1. The van der Waals surface area contributed by atoms with Crippen LogP contribution in [-0.2, 0) is 28.7 Å². The lowest BCUT2D eigenvalue weighted by Gasteiger charge is -2.40. The van der Waals surface area contributed by atoms with Gasteiger partial charge in [0.25, 0.3) is 0 Å². The molecule has 3 saturated heterocycles. The minimum Gasteiger partial charge on any atom is -0.460 e. The fourth-order valence-corrected chi connectivity index (χ4v) is 6.70. The molecule has 40 heavy (non-hydrogen) atoms. The maximum Gasteiger partial charge on any atom is 0.312 e. The largest absolute Gasteiger partial charge is 0.460 e. The second-order valence-corrected chi connectivity index (χ2v) is 11.3. The summed E-state index contributed by atoms with van der Waals surface area (Å²) in [5.74, 6) is -3.06. The smallest absolute Gasteiger partial charge is 0.312 e. The number of aliphatic hydroxyl groups is 1. The number of nitrogens with zero attached hydrogens (tertiary/aromatic N) is 2. The molecule has 10 heteroatoms. The highest BCUT2D eigenvalue weighted by molar-refractivity contribution is 5.98. The van der Waals surface area contributed by atoms with Crippen molar-refractivity contribution >= 4 is 23.7 Å². The number of hydrogen-bond donors (Lipinski definition) is 2. The molecule has 224 valence electrons. The molecule has 2 bridgehead atoms. The Morgan fingerprint density at radius 1 is 1.27 bits per heavy atom. The van der Waals surface area contributed by atoms with Crippen molar-refractivity contribution in [2.45, 2.75) is 109 Å². The van der Waals surface area contributed by atoms with Crippen molar-refractivity contribution in [3.8, 4) is 0 Å². The van der Waals surface area contributed by atoms with Crippen molar-refractivity contribution < 1.29 is 33.8 Å². The van der Waals surface area contributed by atoms with Gasteiger partial charge in [-0.25, -0.2) is 0 Å². The van der Waals surface area contributed by atoms with Crippen LogP contribution in [0.5, 0.6) is 0 Å². The number of amides is 3. The topological polar surface area (TPSA) is 125 Å². The molecule has 3 heterocycles. The normalized spacial score (nSPS) is 28.9. The Bertz CT molecular complexity index is 967.